The summed E-state index contributed by atoms with van der Waals surface area (Å²) in [5.41, 5.74) is 3.04. The van der Waals surface area contributed by atoms with Crippen molar-refractivity contribution in [2.45, 2.75) is 93.0 Å². The number of carbonyl (C=O) groups is 2. The van der Waals surface area contributed by atoms with Crippen LogP contribution in [-0.2, 0) is 9.53 Å². The van der Waals surface area contributed by atoms with Crippen molar-refractivity contribution in [2.75, 3.05) is 13.1 Å². The van der Waals surface area contributed by atoms with Gasteiger partial charge >= 0.3 is 5.97 Å². The maximum absolute atomic E-state index is 11.2. The fraction of sp³-hybridized carbons (Fsp3) is 0.390. The Labute approximate surface area is 311 Å². The molecule has 0 fully saturated rings. The van der Waals surface area contributed by atoms with Crippen LogP contribution in [0.25, 0.3) is 0 Å². The van der Waals surface area contributed by atoms with E-state index in [2.05, 4.69) is 79.6 Å². The van der Waals surface area contributed by atoms with Gasteiger partial charge in [-0.3, -0.25) is 20.2 Å². The molecule has 1 aromatic rings. The van der Waals surface area contributed by atoms with E-state index in [1.54, 1.807) is 30.4 Å². The number of hydrogen-bond acceptors (Lipinski definition) is 7. The number of nitrogens with one attached hydrogen (secondary N) is 2. The number of carbonyl (C=O) groups excluding carboxylic acids is 1. The highest BCUT2D eigenvalue weighted by Gasteiger charge is 2.19. The summed E-state index contributed by atoms with van der Waals surface area (Å²) in [6, 6.07) is -0.0794. The van der Waals surface area contributed by atoms with Crippen molar-refractivity contribution >= 4 is 29.7 Å². The van der Waals surface area contributed by atoms with Crippen LogP contribution in [0.3, 0.4) is 0 Å². The summed E-state index contributed by atoms with van der Waals surface area (Å²) >= 11 is 5.44. The number of aliphatic carboxylic acids is 1. The Morgan fingerprint density at radius 1 is 1.18 bits per heavy atom. The molecule has 1 aliphatic rings. The second-order valence-electron chi connectivity index (χ2n) is 11.4. The smallest absolute Gasteiger partial charge is 0.331 e. The highest BCUT2D eigenvalue weighted by atomic mass is 35.5. The number of carboxylic acids is 1. The van der Waals surface area contributed by atoms with Crippen LogP contribution < -0.4 is 5.32 Å². The Morgan fingerprint density at radius 2 is 1.92 bits per heavy atom. The van der Waals surface area contributed by atoms with E-state index < -0.39 is 5.97 Å². The molecule has 1 heterocycles. The van der Waals surface area contributed by atoms with Gasteiger partial charge in [0.1, 0.15) is 23.0 Å². The number of hydrogen-bond donors (Lipinski definition) is 3. The SMILES string of the molecule is C=C/C(=C\C/C=C(\C)CC(NCC)C(=N)N(/C=C/C(C)=C/C)CCCC)OC1=CC=C(C(=O)O)CC=C1.CC/C=C(\C)Cl.O=Cc1cnccn1. The molecular formula is C41H58ClN5O4. The van der Waals surface area contributed by atoms with Gasteiger partial charge in [-0.2, -0.15) is 0 Å². The van der Waals surface area contributed by atoms with Crippen molar-refractivity contribution in [1.82, 2.24) is 20.2 Å². The van der Waals surface area contributed by atoms with Crippen molar-refractivity contribution in [2.24, 2.45) is 0 Å². The standard InChI is InChI=1S/C31H45N3O3.C5H9Cl.C5H4N2O/c1-7-11-21-34(22-20-24(5)8-2)30(32)29(33-10-4)23-25(6)14-12-16-27(9-3)37-28-17-13-15-26(18-19-28)31(35)36;1-3-4-5(2)6;8-4-5-3-6-1-2-7-5/h8-9,13-14,16-20,22,29,32-33H,3,7,10-12,15,21,23H2,1-2,4-6H3,(H,35,36);4H,3H2,1-2H3;1-4H/b22-20+,24-8+,25-14+,27-16+,32-30?;5-4+;. The number of allylic oxidation sites excluding steroid dienone is 12. The van der Waals surface area contributed by atoms with Crippen LogP contribution in [0.2, 0.25) is 0 Å². The molecule has 0 aromatic carbocycles. The monoisotopic (exact) mass is 719 g/mol. The van der Waals surface area contributed by atoms with Crippen molar-refractivity contribution in [3.8, 4) is 0 Å². The Balaban J connectivity index is 0.00000147. The van der Waals surface area contributed by atoms with E-state index in [-0.39, 0.29) is 6.04 Å². The van der Waals surface area contributed by atoms with Gasteiger partial charge in [-0.15, -0.1) is 0 Å². The third-order valence-electron chi connectivity index (χ3n) is 7.10. The lowest BCUT2D eigenvalue weighted by Crippen LogP contribution is -2.44. The van der Waals surface area contributed by atoms with E-state index in [0.717, 1.165) is 43.8 Å². The van der Waals surface area contributed by atoms with Crippen LogP contribution in [-0.4, -0.2) is 57.2 Å². The molecule has 0 aliphatic heterocycles. The summed E-state index contributed by atoms with van der Waals surface area (Å²) in [6.07, 6.45) is 30.6. The molecule has 0 bridgehead atoms. The van der Waals surface area contributed by atoms with Gasteiger partial charge in [0.05, 0.1) is 12.2 Å². The quantitative estimate of drug-likeness (QED) is 0.0342. The van der Waals surface area contributed by atoms with Crippen molar-refractivity contribution in [3.05, 3.63) is 131 Å². The Hall–Kier alpha value is -4.60. The molecule has 9 nitrogen and oxygen atoms in total. The van der Waals surface area contributed by atoms with E-state index in [1.165, 1.54) is 29.7 Å². The van der Waals surface area contributed by atoms with Gasteiger partial charge in [0.2, 0.25) is 0 Å². The van der Waals surface area contributed by atoms with Crippen LogP contribution in [0, 0.1) is 5.41 Å². The average molecular weight is 720 g/mol. The van der Waals surface area contributed by atoms with Crippen LogP contribution >= 0.6 is 11.6 Å². The van der Waals surface area contributed by atoms with Crippen LogP contribution in [0.15, 0.2) is 125 Å². The lowest BCUT2D eigenvalue weighted by Gasteiger charge is -2.28. The number of likely N-dealkylation sites (N-methyl/N-ethyl adjacent to an activating group) is 1. The van der Waals surface area contributed by atoms with Gasteiger partial charge in [0.25, 0.3) is 0 Å². The molecular weight excluding hydrogens is 662 g/mol. The van der Waals surface area contributed by atoms with E-state index in [1.807, 2.05) is 32.2 Å². The maximum Gasteiger partial charge on any atom is 0.331 e. The molecule has 278 valence electrons. The van der Waals surface area contributed by atoms with Crippen molar-refractivity contribution < 1.29 is 19.4 Å². The summed E-state index contributed by atoms with van der Waals surface area (Å²) < 4.78 is 5.90. The number of amidine groups is 1. The Kier molecular flexibility index (Phi) is 26.5. The molecule has 10 heteroatoms. The lowest BCUT2D eigenvalue weighted by atomic mass is 10.0. The molecule has 1 aliphatic carbocycles. The highest BCUT2D eigenvalue weighted by molar-refractivity contribution is 6.29. The maximum atomic E-state index is 11.2. The van der Waals surface area contributed by atoms with Gasteiger partial charge < -0.3 is 20.1 Å². The second kappa shape index (κ2) is 29.2. The third kappa shape index (κ3) is 22.7. The van der Waals surface area contributed by atoms with Crippen LogP contribution in [0.1, 0.15) is 97.5 Å². The molecule has 1 aromatic heterocycles. The van der Waals surface area contributed by atoms with Gasteiger partial charge in [-0.25, -0.2) is 4.79 Å². The second-order valence-corrected chi connectivity index (χ2v) is 12.0. The predicted octanol–water partition coefficient (Wildman–Crippen LogP) is 10.0. The minimum absolute atomic E-state index is 0.0794. The first-order valence-corrected chi connectivity index (χ1v) is 17.7. The average Bonchev–Trinajstić information content (AvgIpc) is 3.37. The van der Waals surface area contributed by atoms with E-state index in [9.17, 15) is 14.7 Å². The number of nitrogens with zero attached hydrogens (tertiary/aromatic N) is 3. The summed E-state index contributed by atoms with van der Waals surface area (Å²) in [4.78, 5) is 30.5. The largest absolute Gasteiger partial charge is 0.478 e. The molecule has 0 saturated heterocycles. The fourth-order valence-corrected chi connectivity index (χ4v) is 4.35. The fourth-order valence-electron chi connectivity index (χ4n) is 4.19. The number of unbranched alkanes of at least 4 members (excludes halogenated alkanes) is 1. The van der Waals surface area contributed by atoms with Crippen molar-refractivity contribution in [1.29, 1.82) is 5.41 Å². The van der Waals surface area contributed by atoms with Crippen LogP contribution in [0.4, 0.5) is 0 Å². The lowest BCUT2D eigenvalue weighted by molar-refractivity contribution is -0.132. The highest BCUT2D eigenvalue weighted by Crippen LogP contribution is 2.17. The Morgan fingerprint density at radius 3 is 2.43 bits per heavy atom. The number of ether oxygens (including phenoxy) is 1. The zero-order valence-electron chi connectivity index (χ0n) is 31.5. The minimum Gasteiger partial charge on any atom is -0.478 e. The molecule has 1 unspecified atom stereocenters. The predicted molar refractivity (Wildman–Crippen MR) is 213 cm³/mol. The summed E-state index contributed by atoms with van der Waals surface area (Å²) in [5.74, 6) is 0.828. The number of rotatable bonds is 18. The molecule has 2 rings (SSSR count). The van der Waals surface area contributed by atoms with Gasteiger partial charge in [0.15, 0.2) is 6.29 Å². The van der Waals surface area contributed by atoms with Crippen molar-refractivity contribution in [3.63, 3.8) is 0 Å². The first-order chi connectivity index (χ1) is 24.4. The minimum atomic E-state index is -0.927. The summed E-state index contributed by atoms with van der Waals surface area (Å²) in [7, 11) is 0. The molecule has 0 saturated carbocycles. The number of halogens is 1. The summed E-state index contributed by atoms with van der Waals surface area (Å²) in [6.45, 7) is 19.8. The zero-order chi connectivity index (χ0) is 38.4. The first kappa shape index (κ1) is 46.4. The number of aromatic nitrogens is 2. The Bertz CT molecular complexity index is 1470. The molecule has 0 amide bonds. The zero-order valence-corrected chi connectivity index (χ0v) is 32.2. The van der Waals surface area contributed by atoms with Gasteiger partial charge in [-0.1, -0.05) is 80.8 Å². The number of carboxylic acid groups (broad SMARTS) is 1. The summed E-state index contributed by atoms with van der Waals surface area (Å²) in [5, 5.41) is 22.5. The first-order valence-electron chi connectivity index (χ1n) is 17.4. The molecule has 1 atom stereocenters. The molecule has 3 N–H and O–H groups in total. The van der Waals surface area contributed by atoms with Gasteiger partial charge in [0, 0.05) is 35.7 Å². The third-order valence-corrected chi connectivity index (χ3v) is 7.25. The van der Waals surface area contributed by atoms with Crippen LogP contribution in [0.5, 0.6) is 0 Å². The molecule has 0 spiro atoms. The molecule has 51 heavy (non-hydrogen) atoms. The van der Waals surface area contributed by atoms with E-state index in [0.29, 0.717) is 47.7 Å². The number of aldehydes is 1. The topological polar surface area (TPSA) is 129 Å². The van der Waals surface area contributed by atoms with E-state index >= 15 is 0 Å². The van der Waals surface area contributed by atoms with E-state index in [4.69, 9.17) is 21.7 Å². The normalized spacial score (nSPS) is 14.1. The molecule has 0 radical (unpaired) electrons. The van der Waals surface area contributed by atoms with Gasteiger partial charge in [-0.05, 0) is 103 Å².